The van der Waals surface area contributed by atoms with E-state index in [1.807, 2.05) is 12.3 Å². The van der Waals surface area contributed by atoms with Crippen LogP contribution in [0.1, 0.15) is 16.7 Å². The van der Waals surface area contributed by atoms with Crippen LogP contribution in [0.5, 0.6) is 0 Å². The fraction of sp³-hybridized carbons (Fsp3) is 0.100. The van der Waals surface area contributed by atoms with Gasteiger partial charge in [-0.3, -0.25) is 4.98 Å². The lowest BCUT2D eigenvalue weighted by atomic mass is 9.95. The number of aryl methyl sites for hydroxylation is 3. The molecule has 0 aliphatic carbocycles. The molecule has 2 heteroatoms. The van der Waals surface area contributed by atoms with Crippen molar-refractivity contribution in [1.29, 1.82) is 0 Å². The summed E-state index contributed by atoms with van der Waals surface area (Å²) in [5.41, 5.74) is 9.80. The first-order valence-corrected chi connectivity index (χ1v) is 11.0. The van der Waals surface area contributed by atoms with E-state index < -0.39 is 0 Å². The number of aromatic nitrogens is 1. The molecule has 2 aromatic heterocycles. The zero-order valence-electron chi connectivity index (χ0n) is 18.4. The molecule has 0 spiro atoms. The van der Waals surface area contributed by atoms with Gasteiger partial charge in [0.25, 0.3) is 0 Å². The molecule has 0 saturated carbocycles. The molecule has 6 aromatic rings. The van der Waals surface area contributed by atoms with Crippen LogP contribution in [0.15, 0.2) is 89.5 Å². The predicted molar refractivity (Wildman–Crippen MR) is 134 cm³/mol. The Labute approximate surface area is 187 Å². The second-order valence-electron chi connectivity index (χ2n) is 8.60. The third-order valence-electron chi connectivity index (χ3n) is 6.51. The summed E-state index contributed by atoms with van der Waals surface area (Å²) >= 11 is 0. The lowest BCUT2D eigenvalue weighted by Crippen LogP contribution is -1.90. The molecule has 4 aromatic carbocycles. The Morgan fingerprint density at radius 3 is 2.19 bits per heavy atom. The van der Waals surface area contributed by atoms with Gasteiger partial charge in [-0.1, -0.05) is 60.7 Å². The number of nitrogens with zero attached hydrogens (tertiary/aromatic N) is 1. The first kappa shape index (κ1) is 18.8. The molecule has 0 amide bonds. The van der Waals surface area contributed by atoms with E-state index in [2.05, 4.69) is 93.6 Å². The van der Waals surface area contributed by atoms with Gasteiger partial charge in [-0.25, -0.2) is 0 Å². The van der Waals surface area contributed by atoms with E-state index in [1.165, 1.54) is 43.8 Å². The average Bonchev–Trinajstić information content (AvgIpc) is 3.21. The van der Waals surface area contributed by atoms with Crippen molar-refractivity contribution in [3.8, 4) is 22.4 Å². The lowest BCUT2D eigenvalue weighted by Gasteiger charge is -2.10. The highest BCUT2D eigenvalue weighted by molar-refractivity contribution is 6.22. The number of hydrogen-bond acceptors (Lipinski definition) is 2. The van der Waals surface area contributed by atoms with Gasteiger partial charge in [0.15, 0.2) is 0 Å². The molecule has 0 atom stereocenters. The molecule has 0 unspecified atom stereocenters. The zero-order valence-corrected chi connectivity index (χ0v) is 18.4. The molecular formula is C30H23NO. The van der Waals surface area contributed by atoms with E-state index in [-0.39, 0.29) is 0 Å². The number of benzene rings is 4. The van der Waals surface area contributed by atoms with Gasteiger partial charge in [0.05, 0.1) is 5.69 Å². The Morgan fingerprint density at radius 2 is 1.38 bits per heavy atom. The number of pyridine rings is 1. The third-order valence-corrected chi connectivity index (χ3v) is 6.51. The van der Waals surface area contributed by atoms with Crippen molar-refractivity contribution < 1.29 is 4.42 Å². The van der Waals surface area contributed by atoms with Crippen LogP contribution in [0.25, 0.3) is 55.1 Å². The highest BCUT2D eigenvalue weighted by Crippen LogP contribution is 2.42. The van der Waals surface area contributed by atoms with Gasteiger partial charge in [-0.2, -0.15) is 0 Å². The van der Waals surface area contributed by atoms with Gasteiger partial charge in [-0.05, 0) is 77.6 Å². The summed E-state index contributed by atoms with van der Waals surface area (Å²) in [6.45, 7) is 6.42. The normalized spacial score (nSPS) is 11.6. The van der Waals surface area contributed by atoms with E-state index in [0.717, 1.165) is 28.0 Å². The molecular weight excluding hydrogens is 390 g/mol. The summed E-state index contributed by atoms with van der Waals surface area (Å²) in [5, 5.41) is 4.88. The van der Waals surface area contributed by atoms with Gasteiger partial charge in [-0.15, -0.1) is 0 Å². The van der Waals surface area contributed by atoms with Crippen LogP contribution in [-0.4, -0.2) is 4.98 Å². The Kier molecular flexibility index (Phi) is 4.16. The maximum atomic E-state index is 6.54. The molecule has 0 aliphatic heterocycles. The summed E-state index contributed by atoms with van der Waals surface area (Å²) < 4.78 is 6.54. The van der Waals surface area contributed by atoms with Crippen molar-refractivity contribution in [3.05, 3.63) is 102 Å². The maximum Gasteiger partial charge on any atom is 0.145 e. The van der Waals surface area contributed by atoms with Crippen LogP contribution < -0.4 is 0 Å². The Morgan fingerprint density at radius 1 is 0.625 bits per heavy atom. The van der Waals surface area contributed by atoms with Crippen LogP contribution in [0, 0.1) is 20.8 Å². The quantitative estimate of drug-likeness (QED) is 0.285. The van der Waals surface area contributed by atoms with Crippen molar-refractivity contribution in [3.63, 3.8) is 0 Å². The van der Waals surface area contributed by atoms with Gasteiger partial charge in [0.1, 0.15) is 11.2 Å². The number of rotatable bonds is 2. The van der Waals surface area contributed by atoms with Crippen LogP contribution in [-0.2, 0) is 0 Å². The Bertz CT molecular complexity index is 1640. The van der Waals surface area contributed by atoms with Crippen LogP contribution in [0.3, 0.4) is 0 Å². The zero-order chi connectivity index (χ0) is 21.8. The van der Waals surface area contributed by atoms with Crippen LogP contribution >= 0.6 is 0 Å². The van der Waals surface area contributed by atoms with Crippen molar-refractivity contribution in [1.82, 2.24) is 4.98 Å². The van der Waals surface area contributed by atoms with Gasteiger partial charge < -0.3 is 4.42 Å². The molecule has 2 nitrogen and oxygen atoms in total. The van der Waals surface area contributed by atoms with E-state index in [0.29, 0.717) is 0 Å². The van der Waals surface area contributed by atoms with Gasteiger partial charge in [0.2, 0.25) is 0 Å². The monoisotopic (exact) mass is 413 g/mol. The van der Waals surface area contributed by atoms with Crippen molar-refractivity contribution in [2.45, 2.75) is 20.8 Å². The third kappa shape index (κ3) is 2.76. The molecule has 0 saturated heterocycles. The molecule has 6 rings (SSSR count). The topological polar surface area (TPSA) is 26.0 Å². The molecule has 32 heavy (non-hydrogen) atoms. The smallest absolute Gasteiger partial charge is 0.145 e. The largest absolute Gasteiger partial charge is 0.455 e. The van der Waals surface area contributed by atoms with E-state index in [1.54, 1.807) is 0 Å². The first-order valence-electron chi connectivity index (χ1n) is 11.0. The molecule has 0 radical (unpaired) electrons. The SMILES string of the molecule is Cc1cnc(-c2ccc(C)c3c2oc2cc(C)c4ccccc4c23)cc1-c1ccccc1. The summed E-state index contributed by atoms with van der Waals surface area (Å²) in [6.07, 6.45) is 1.96. The fourth-order valence-electron chi connectivity index (χ4n) is 4.87. The maximum absolute atomic E-state index is 6.54. The van der Waals surface area contributed by atoms with Crippen molar-refractivity contribution >= 4 is 32.7 Å². The highest BCUT2D eigenvalue weighted by Gasteiger charge is 2.18. The minimum Gasteiger partial charge on any atom is -0.455 e. The second kappa shape index (κ2) is 7.06. The van der Waals surface area contributed by atoms with Gasteiger partial charge >= 0.3 is 0 Å². The summed E-state index contributed by atoms with van der Waals surface area (Å²) in [5.74, 6) is 0. The fourth-order valence-corrected chi connectivity index (χ4v) is 4.87. The van der Waals surface area contributed by atoms with E-state index in [9.17, 15) is 0 Å². The van der Waals surface area contributed by atoms with Crippen LogP contribution in [0.2, 0.25) is 0 Å². The summed E-state index contributed by atoms with van der Waals surface area (Å²) in [6, 6.07) is 27.8. The second-order valence-corrected chi connectivity index (χ2v) is 8.60. The van der Waals surface area contributed by atoms with Crippen molar-refractivity contribution in [2.24, 2.45) is 0 Å². The predicted octanol–water partition coefficient (Wildman–Crippen LogP) is 8.39. The number of fused-ring (bicyclic) bond motifs is 5. The highest BCUT2D eigenvalue weighted by atomic mass is 16.3. The minimum atomic E-state index is 0.908. The van der Waals surface area contributed by atoms with E-state index >= 15 is 0 Å². The molecule has 0 aliphatic rings. The lowest BCUT2D eigenvalue weighted by molar-refractivity contribution is 0.669. The van der Waals surface area contributed by atoms with Gasteiger partial charge in [0, 0.05) is 22.5 Å². The number of hydrogen-bond donors (Lipinski definition) is 0. The average molecular weight is 414 g/mol. The van der Waals surface area contributed by atoms with Crippen molar-refractivity contribution in [2.75, 3.05) is 0 Å². The molecule has 0 N–H and O–H groups in total. The molecule has 0 fully saturated rings. The minimum absolute atomic E-state index is 0.908. The Hall–Kier alpha value is -3.91. The molecule has 154 valence electrons. The summed E-state index contributed by atoms with van der Waals surface area (Å²) in [4.78, 5) is 4.80. The molecule has 2 heterocycles. The first-order chi connectivity index (χ1) is 15.6. The molecule has 0 bridgehead atoms. The Balaban J connectivity index is 1.68. The standard InChI is InChI=1S/C30H23NO/c1-18-13-14-24(26-16-25(20(3)17-31-26)21-9-5-4-6-10-21)30-28(18)29-23-12-8-7-11-22(23)19(2)15-27(29)32-30/h4-17H,1-3H3. The van der Waals surface area contributed by atoms with Crippen LogP contribution in [0.4, 0.5) is 0 Å². The summed E-state index contributed by atoms with van der Waals surface area (Å²) in [7, 11) is 0. The van der Waals surface area contributed by atoms with E-state index in [4.69, 9.17) is 9.40 Å². The number of furan rings is 1.